The molecule has 0 bridgehead atoms. The van der Waals surface area contributed by atoms with Crippen LogP contribution >= 0.6 is 0 Å². The van der Waals surface area contributed by atoms with Gasteiger partial charge in [0.1, 0.15) is 0 Å². The maximum atomic E-state index is 11.6. The Morgan fingerprint density at radius 3 is 2.88 bits per heavy atom. The summed E-state index contributed by atoms with van der Waals surface area (Å²) in [5, 5.41) is 7.11. The molecule has 0 fully saturated rings. The van der Waals surface area contributed by atoms with Crippen LogP contribution < -0.4 is 11.1 Å². The summed E-state index contributed by atoms with van der Waals surface area (Å²) < 4.78 is 1.75. The molecule has 1 amide bonds. The Bertz CT molecular complexity index is 359. The van der Waals surface area contributed by atoms with E-state index < -0.39 is 0 Å². The number of nitrogens with one attached hydrogen (secondary N) is 1. The fourth-order valence-electron chi connectivity index (χ4n) is 1.56. The Balaban J connectivity index is 2.45. The third-order valence-corrected chi connectivity index (χ3v) is 2.62. The van der Waals surface area contributed by atoms with Gasteiger partial charge >= 0.3 is 0 Å². The van der Waals surface area contributed by atoms with Gasteiger partial charge in [0.05, 0.1) is 5.69 Å². The van der Waals surface area contributed by atoms with Crippen LogP contribution in [0.3, 0.4) is 0 Å². The minimum Gasteiger partial charge on any atom is -0.352 e. The van der Waals surface area contributed by atoms with E-state index in [0.29, 0.717) is 13.1 Å². The molecule has 0 aromatic carbocycles. The zero-order valence-corrected chi connectivity index (χ0v) is 10.2. The Labute approximate surface area is 96.0 Å². The first-order chi connectivity index (χ1) is 7.54. The second kappa shape index (κ2) is 5.65. The van der Waals surface area contributed by atoms with Crippen molar-refractivity contribution in [1.29, 1.82) is 0 Å². The molecule has 0 radical (unpaired) electrons. The molecule has 0 aliphatic carbocycles. The van der Waals surface area contributed by atoms with Crippen molar-refractivity contribution in [3.63, 3.8) is 0 Å². The number of carbonyl (C=O) groups excluding carboxylic acids is 1. The zero-order valence-electron chi connectivity index (χ0n) is 10.2. The van der Waals surface area contributed by atoms with Crippen molar-refractivity contribution in [2.24, 2.45) is 18.7 Å². The van der Waals surface area contributed by atoms with Crippen LogP contribution in [0.4, 0.5) is 0 Å². The third kappa shape index (κ3) is 3.34. The summed E-state index contributed by atoms with van der Waals surface area (Å²) in [5.41, 5.74) is 7.41. The molecule has 5 heteroatoms. The van der Waals surface area contributed by atoms with Crippen molar-refractivity contribution in [3.8, 4) is 0 Å². The normalized spacial score (nSPS) is 12.5. The van der Waals surface area contributed by atoms with E-state index in [1.807, 2.05) is 27.1 Å². The van der Waals surface area contributed by atoms with Gasteiger partial charge in [0.15, 0.2) is 0 Å². The summed E-state index contributed by atoms with van der Waals surface area (Å²) in [7, 11) is 1.87. The number of nitrogens with zero attached hydrogens (tertiary/aromatic N) is 2. The molecule has 0 aliphatic rings. The summed E-state index contributed by atoms with van der Waals surface area (Å²) in [5.74, 6) is 0.0238. The summed E-state index contributed by atoms with van der Waals surface area (Å²) >= 11 is 0. The van der Waals surface area contributed by atoms with E-state index in [1.54, 1.807) is 4.68 Å². The van der Waals surface area contributed by atoms with Crippen molar-refractivity contribution >= 4 is 5.91 Å². The second-order valence-corrected chi connectivity index (χ2v) is 4.11. The van der Waals surface area contributed by atoms with E-state index >= 15 is 0 Å². The molecule has 0 saturated heterocycles. The van der Waals surface area contributed by atoms with Crippen molar-refractivity contribution in [3.05, 3.63) is 17.5 Å². The molecule has 0 saturated carbocycles. The maximum absolute atomic E-state index is 11.6. The molecular weight excluding hydrogens is 204 g/mol. The lowest BCUT2D eigenvalue weighted by atomic mass is 10.1. The van der Waals surface area contributed by atoms with Crippen molar-refractivity contribution in [2.45, 2.75) is 26.8 Å². The summed E-state index contributed by atoms with van der Waals surface area (Å²) in [6.45, 7) is 4.90. The molecule has 1 rings (SSSR count). The third-order valence-electron chi connectivity index (χ3n) is 2.62. The molecule has 5 nitrogen and oxygen atoms in total. The van der Waals surface area contributed by atoms with E-state index in [0.717, 1.165) is 17.7 Å². The molecule has 0 spiro atoms. The monoisotopic (exact) mass is 224 g/mol. The topological polar surface area (TPSA) is 72.9 Å². The molecule has 1 atom stereocenters. The molecular formula is C11H20N4O. The van der Waals surface area contributed by atoms with Crippen molar-refractivity contribution in [2.75, 3.05) is 6.54 Å². The minimum atomic E-state index is -0.0259. The number of aryl methyl sites for hydroxylation is 2. The lowest BCUT2D eigenvalue weighted by Gasteiger charge is -2.10. The van der Waals surface area contributed by atoms with Crippen LogP contribution in [0.25, 0.3) is 0 Å². The highest BCUT2D eigenvalue weighted by Crippen LogP contribution is 2.05. The van der Waals surface area contributed by atoms with Crippen molar-refractivity contribution < 1.29 is 4.79 Å². The number of hydrogen-bond acceptors (Lipinski definition) is 3. The molecule has 1 aromatic rings. The molecule has 90 valence electrons. The minimum absolute atomic E-state index is 0.0259. The average molecular weight is 224 g/mol. The summed E-state index contributed by atoms with van der Waals surface area (Å²) in [4.78, 5) is 11.6. The molecule has 1 heterocycles. The first kappa shape index (κ1) is 12.7. The van der Waals surface area contributed by atoms with Crippen LogP contribution in [0.15, 0.2) is 6.20 Å². The van der Waals surface area contributed by atoms with Gasteiger partial charge < -0.3 is 11.1 Å². The number of hydrogen-bond donors (Lipinski definition) is 2. The number of carbonyl (C=O) groups is 1. The van der Waals surface area contributed by atoms with Crippen molar-refractivity contribution in [1.82, 2.24) is 15.1 Å². The second-order valence-electron chi connectivity index (χ2n) is 4.11. The quantitative estimate of drug-likeness (QED) is 0.757. The largest absolute Gasteiger partial charge is 0.352 e. The van der Waals surface area contributed by atoms with Crippen LogP contribution in [0.1, 0.15) is 24.6 Å². The Hall–Kier alpha value is -1.36. The predicted octanol–water partition coefficient (Wildman–Crippen LogP) is 0.330. The fourth-order valence-corrected chi connectivity index (χ4v) is 1.56. The SMILES string of the molecule is Cc1nn(C)cc1CNC(=O)C(C)CCN. The molecule has 1 unspecified atom stereocenters. The van der Waals surface area contributed by atoms with E-state index in [2.05, 4.69) is 10.4 Å². The van der Waals surface area contributed by atoms with E-state index in [9.17, 15) is 4.79 Å². The maximum Gasteiger partial charge on any atom is 0.223 e. The first-order valence-corrected chi connectivity index (χ1v) is 5.51. The Kier molecular flexibility index (Phi) is 4.49. The molecule has 16 heavy (non-hydrogen) atoms. The highest BCUT2D eigenvalue weighted by molar-refractivity contribution is 5.78. The first-order valence-electron chi connectivity index (χ1n) is 5.51. The van der Waals surface area contributed by atoms with Gasteiger partial charge in [0.25, 0.3) is 0 Å². The lowest BCUT2D eigenvalue weighted by molar-refractivity contribution is -0.124. The summed E-state index contributed by atoms with van der Waals surface area (Å²) in [6.07, 6.45) is 2.64. The van der Waals surface area contributed by atoms with Crippen LogP contribution in [-0.2, 0) is 18.4 Å². The van der Waals surface area contributed by atoms with Gasteiger partial charge in [-0.2, -0.15) is 5.10 Å². The number of amides is 1. The van der Waals surface area contributed by atoms with Gasteiger partial charge in [0, 0.05) is 31.3 Å². The van der Waals surface area contributed by atoms with E-state index in [4.69, 9.17) is 5.73 Å². The van der Waals surface area contributed by atoms with E-state index in [-0.39, 0.29) is 11.8 Å². The highest BCUT2D eigenvalue weighted by atomic mass is 16.1. The number of aromatic nitrogens is 2. The lowest BCUT2D eigenvalue weighted by Crippen LogP contribution is -2.30. The predicted molar refractivity (Wildman–Crippen MR) is 62.6 cm³/mol. The smallest absolute Gasteiger partial charge is 0.223 e. The Morgan fingerprint density at radius 1 is 1.69 bits per heavy atom. The van der Waals surface area contributed by atoms with Gasteiger partial charge in [-0.05, 0) is 19.9 Å². The fraction of sp³-hybridized carbons (Fsp3) is 0.636. The van der Waals surface area contributed by atoms with Gasteiger partial charge in [-0.15, -0.1) is 0 Å². The summed E-state index contributed by atoms with van der Waals surface area (Å²) in [6, 6.07) is 0. The van der Waals surface area contributed by atoms with E-state index in [1.165, 1.54) is 0 Å². The zero-order chi connectivity index (χ0) is 12.1. The van der Waals surface area contributed by atoms with Crippen LogP contribution in [0, 0.1) is 12.8 Å². The van der Waals surface area contributed by atoms with Crippen LogP contribution in [0.5, 0.6) is 0 Å². The Morgan fingerprint density at radius 2 is 2.38 bits per heavy atom. The van der Waals surface area contributed by atoms with Crippen LogP contribution in [0.2, 0.25) is 0 Å². The molecule has 0 aliphatic heterocycles. The average Bonchev–Trinajstić information content (AvgIpc) is 2.54. The molecule has 3 N–H and O–H groups in total. The van der Waals surface area contributed by atoms with Crippen LogP contribution in [-0.4, -0.2) is 22.2 Å². The van der Waals surface area contributed by atoms with Gasteiger partial charge in [-0.3, -0.25) is 9.48 Å². The highest BCUT2D eigenvalue weighted by Gasteiger charge is 2.12. The van der Waals surface area contributed by atoms with Gasteiger partial charge in [0.2, 0.25) is 5.91 Å². The van der Waals surface area contributed by atoms with Gasteiger partial charge in [-0.25, -0.2) is 0 Å². The van der Waals surface area contributed by atoms with Gasteiger partial charge in [-0.1, -0.05) is 6.92 Å². The standard InChI is InChI=1S/C11H20N4O/c1-8(4-5-12)11(16)13-6-10-7-15(3)14-9(10)2/h7-8H,4-6,12H2,1-3H3,(H,13,16). The number of nitrogens with two attached hydrogens (primary N) is 1. The molecule has 1 aromatic heterocycles. The number of rotatable bonds is 5.